The summed E-state index contributed by atoms with van der Waals surface area (Å²) in [5, 5.41) is 9.17. The first-order valence-electron chi connectivity index (χ1n) is 9.01. The lowest BCUT2D eigenvalue weighted by Crippen LogP contribution is -2.26. The average Bonchev–Trinajstić information content (AvgIpc) is 2.67. The lowest BCUT2D eigenvalue weighted by Gasteiger charge is -2.19. The van der Waals surface area contributed by atoms with Crippen molar-refractivity contribution in [1.29, 1.82) is 0 Å². The molecule has 0 bridgehead atoms. The lowest BCUT2D eigenvalue weighted by molar-refractivity contribution is -0.145. The summed E-state index contributed by atoms with van der Waals surface area (Å²) in [5.41, 5.74) is -0.630. The van der Waals surface area contributed by atoms with Gasteiger partial charge in [0.25, 0.3) is 0 Å². The molecular weight excluding hydrogens is 425 g/mol. The number of aliphatic carboxylic acids is 1. The van der Waals surface area contributed by atoms with Gasteiger partial charge < -0.3 is 14.6 Å². The van der Waals surface area contributed by atoms with Crippen LogP contribution in [0.25, 0.3) is 0 Å². The monoisotopic (exact) mass is 446 g/mol. The van der Waals surface area contributed by atoms with Gasteiger partial charge in [-0.25, -0.2) is 13.2 Å². The van der Waals surface area contributed by atoms with Crippen LogP contribution in [0.1, 0.15) is 31.4 Å². The van der Waals surface area contributed by atoms with Crippen LogP contribution in [0, 0.1) is 6.92 Å². The first kappa shape index (κ1) is 23.5. The van der Waals surface area contributed by atoms with Crippen LogP contribution < -0.4 is 9.47 Å². The zero-order valence-corrected chi connectivity index (χ0v) is 17.3. The zero-order valence-electron chi connectivity index (χ0n) is 16.5. The molecule has 2 rings (SSSR count). The van der Waals surface area contributed by atoms with E-state index in [1.807, 2.05) is 0 Å². The van der Waals surface area contributed by atoms with E-state index in [2.05, 4.69) is 0 Å². The fraction of sp³-hybridized carbons (Fsp3) is 0.350. The predicted octanol–water partition coefficient (Wildman–Crippen LogP) is 4.84. The van der Waals surface area contributed by atoms with E-state index in [-0.39, 0.29) is 34.3 Å². The molecule has 30 heavy (non-hydrogen) atoms. The van der Waals surface area contributed by atoms with Crippen LogP contribution in [0.4, 0.5) is 13.2 Å². The standard InChI is InChI=1S/C20H21F3O6S/c1-4-15(19(24)25)28-17-8-6-13(20(21,22)23)11-18(17)29-16-9-7-14(10-12(16)3)30(26,27)5-2/h6-11,15H,4-5H2,1-3H3,(H,24,25). The van der Waals surface area contributed by atoms with E-state index in [1.165, 1.54) is 25.1 Å². The van der Waals surface area contributed by atoms with Crippen molar-refractivity contribution < 1.29 is 41.0 Å². The number of hydrogen-bond donors (Lipinski definition) is 1. The van der Waals surface area contributed by atoms with E-state index in [0.717, 1.165) is 12.1 Å². The maximum Gasteiger partial charge on any atom is 0.416 e. The summed E-state index contributed by atoms with van der Waals surface area (Å²) in [6.07, 6.45) is -5.85. The molecule has 0 radical (unpaired) electrons. The Balaban J connectivity index is 2.49. The maximum atomic E-state index is 13.1. The SMILES string of the molecule is CCC(Oc1ccc(C(F)(F)F)cc1Oc1ccc(S(=O)(=O)CC)cc1C)C(=O)O. The average molecular weight is 446 g/mol. The molecule has 0 aromatic heterocycles. The summed E-state index contributed by atoms with van der Waals surface area (Å²) in [5.74, 6) is -1.78. The Kier molecular flexibility index (Phi) is 7.02. The fourth-order valence-electron chi connectivity index (χ4n) is 2.54. The van der Waals surface area contributed by atoms with Crippen LogP contribution in [0.3, 0.4) is 0 Å². The third-order valence-corrected chi connectivity index (χ3v) is 6.02. The molecule has 0 aliphatic heterocycles. The van der Waals surface area contributed by atoms with Gasteiger partial charge in [-0.3, -0.25) is 0 Å². The van der Waals surface area contributed by atoms with Gasteiger partial charge in [-0.05, 0) is 55.3 Å². The Morgan fingerprint density at radius 3 is 2.20 bits per heavy atom. The highest BCUT2D eigenvalue weighted by atomic mass is 32.2. The van der Waals surface area contributed by atoms with Gasteiger partial charge in [-0.2, -0.15) is 13.2 Å². The first-order valence-corrected chi connectivity index (χ1v) is 10.7. The quantitative estimate of drug-likeness (QED) is 0.624. The number of alkyl halides is 3. The number of sulfone groups is 1. The summed E-state index contributed by atoms with van der Waals surface area (Å²) in [7, 11) is -3.47. The molecule has 0 saturated heterocycles. The second kappa shape index (κ2) is 8.95. The second-order valence-corrected chi connectivity index (χ2v) is 8.72. The normalized spacial score (nSPS) is 13.0. The third kappa shape index (κ3) is 5.44. The Bertz CT molecular complexity index is 1030. The Labute approximate surface area is 172 Å². The van der Waals surface area contributed by atoms with E-state index in [1.54, 1.807) is 13.8 Å². The minimum Gasteiger partial charge on any atom is -0.479 e. The molecule has 0 saturated carbocycles. The van der Waals surface area contributed by atoms with Gasteiger partial charge >= 0.3 is 12.1 Å². The van der Waals surface area contributed by atoms with Crippen LogP contribution in [0.2, 0.25) is 0 Å². The minimum absolute atomic E-state index is 0.0623. The molecule has 2 aromatic rings. The van der Waals surface area contributed by atoms with Gasteiger partial charge in [0, 0.05) is 0 Å². The molecule has 0 spiro atoms. The second-order valence-electron chi connectivity index (χ2n) is 6.45. The number of hydrogen-bond acceptors (Lipinski definition) is 5. The van der Waals surface area contributed by atoms with Crippen LogP contribution in [0.5, 0.6) is 17.2 Å². The van der Waals surface area contributed by atoms with E-state index < -0.39 is 33.7 Å². The summed E-state index contributed by atoms with van der Waals surface area (Å²) in [4.78, 5) is 11.3. The van der Waals surface area contributed by atoms with E-state index in [9.17, 15) is 31.5 Å². The summed E-state index contributed by atoms with van der Waals surface area (Å²) < 4.78 is 74.4. The van der Waals surface area contributed by atoms with Crippen LogP contribution in [0.15, 0.2) is 41.3 Å². The van der Waals surface area contributed by atoms with E-state index >= 15 is 0 Å². The maximum absolute atomic E-state index is 13.1. The molecule has 0 fully saturated rings. The van der Waals surface area contributed by atoms with E-state index in [4.69, 9.17) is 9.47 Å². The Morgan fingerprint density at radius 1 is 1.07 bits per heavy atom. The molecule has 0 aliphatic rings. The number of carbonyl (C=O) groups is 1. The molecule has 1 atom stereocenters. The number of carboxylic acid groups (broad SMARTS) is 1. The van der Waals surface area contributed by atoms with Crippen molar-refractivity contribution in [2.24, 2.45) is 0 Å². The molecule has 10 heteroatoms. The number of aryl methyl sites for hydroxylation is 1. The van der Waals surface area contributed by atoms with Crippen molar-refractivity contribution >= 4 is 15.8 Å². The van der Waals surface area contributed by atoms with Crippen LogP contribution >= 0.6 is 0 Å². The van der Waals surface area contributed by atoms with Crippen molar-refractivity contribution in [3.63, 3.8) is 0 Å². The van der Waals surface area contributed by atoms with Crippen LogP contribution in [-0.4, -0.2) is 31.4 Å². The highest BCUT2D eigenvalue weighted by Gasteiger charge is 2.32. The summed E-state index contributed by atoms with van der Waals surface area (Å²) in [6.45, 7) is 4.60. The smallest absolute Gasteiger partial charge is 0.416 e. The largest absolute Gasteiger partial charge is 0.479 e. The Hall–Kier alpha value is -2.75. The summed E-state index contributed by atoms with van der Waals surface area (Å²) in [6, 6.07) is 6.45. The number of rotatable bonds is 8. The molecule has 1 N–H and O–H groups in total. The number of benzene rings is 2. The third-order valence-electron chi connectivity index (χ3n) is 4.29. The lowest BCUT2D eigenvalue weighted by atomic mass is 10.1. The van der Waals surface area contributed by atoms with Gasteiger partial charge in [0.1, 0.15) is 5.75 Å². The molecule has 1 unspecified atom stereocenters. The molecule has 0 amide bonds. The van der Waals surface area contributed by atoms with Gasteiger partial charge in [-0.1, -0.05) is 13.8 Å². The predicted molar refractivity (Wildman–Crippen MR) is 103 cm³/mol. The van der Waals surface area contributed by atoms with Crippen molar-refractivity contribution in [3.8, 4) is 17.2 Å². The molecule has 6 nitrogen and oxygen atoms in total. The zero-order chi connectivity index (χ0) is 22.7. The Morgan fingerprint density at radius 2 is 1.70 bits per heavy atom. The van der Waals surface area contributed by atoms with Gasteiger partial charge in [-0.15, -0.1) is 0 Å². The van der Waals surface area contributed by atoms with Crippen molar-refractivity contribution in [2.75, 3.05) is 5.75 Å². The molecular formula is C20H21F3O6S. The fourth-order valence-corrected chi connectivity index (χ4v) is 3.50. The first-order chi connectivity index (χ1) is 13.9. The van der Waals surface area contributed by atoms with Crippen molar-refractivity contribution in [3.05, 3.63) is 47.5 Å². The van der Waals surface area contributed by atoms with Gasteiger partial charge in [0.15, 0.2) is 27.4 Å². The topological polar surface area (TPSA) is 89.9 Å². The van der Waals surface area contributed by atoms with Gasteiger partial charge in [0.05, 0.1) is 16.2 Å². The number of ether oxygens (including phenoxy) is 2. The highest BCUT2D eigenvalue weighted by Crippen LogP contribution is 2.39. The van der Waals surface area contributed by atoms with Crippen molar-refractivity contribution in [2.45, 2.75) is 44.4 Å². The molecule has 164 valence electrons. The van der Waals surface area contributed by atoms with Crippen molar-refractivity contribution in [1.82, 2.24) is 0 Å². The number of halogens is 3. The molecule has 2 aromatic carbocycles. The summed E-state index contributed by atoms with van der Waals surface area (Å²) >= 11 is 0. The van der Waals surface area contributed by atoms with E-state index in [0.29, 0.717) is 11.6 Å². The number of carboxylic acids is 1. The molecule has 0 aliphatic carbocycles. The molecule has 0 heterocycles. The van der Waals surface area contributed by atoms with Gasteiger partial charge in [0.2, 0.25) is 0 Å². The highest BCUT2D eigenvalue weighted by molar-refractivity contribution is 7.91. The van der Waals surface area contributed by atoms with Crippen LogP contribution in [-0.2, 0) is 20.8 Å². The minimum atomic E-state index is -4.65.